The van der Waals surface area contributed by atoms with Gasteiger partial charge in [0.05, 0.1) is 5.56 Å². The molecule has 29 heavy (non-hydrogen) atoms. The van der Waals surface area contributed by atoms with Gasteiger partial charge in [-0.2, -0.15) is 0 Å². The number of carbonyl (C=O) groups is 1. The summed E-state index contributed by atoms with van der Waals surface area (Å²) in [6.07, 6.45) is 6.19. The molecule has 1 aliphatic carbocycles. The van der Waals surface area contributed by atoms with Gasteiger partial charge in [0.25, 0.3) is 5.56 Å². The Kier molecular flexibility index (Phi) is 5.55. The number of carbonyl (C=O) groups excluding carboxylic acids is 1. The Bertz CT molecular complexity index is 868. The average Bonchev–Trinajstić information content (AvgIpc) is 3.02. The largest absolute Gasteiger partial charge is 0.471 e. The summed E-state index contributed by atoms with van der Waals surface area (Å²) in [7, 11) is 0. The SMILES string of the molecule is CC(C)N1CCC(C(=O)NCC[C@@]23CCCC[C@@H]2c2c([nH]c(=O)[nH]c2=O)O3)CC1. The van der Waals surface area contributed by atoms with Crippen LogP contribution in [0.3, 0.4) is 0 Å². The molecule has 4 rings (SSSR count). The Hall–Kier alpha value is -2.09. The van der Waals surface area contributed by atoms with Crippen LogP contribution < -0.4 is 21.3 Å². The summed E-state index contributed by atoms with van der Waals surface area (Å²) in [5.41, 5.74) is -0.828. The zero-order valence-corrected chi connectivity index (χ0v) is 17.4. The van der Waals surface area contributed by atoms with E-state index in [-0.39, 0.29) is 23.3 Å². The number of piperidine rings is 1. The molecule has 0 radical (unpaired) electrons. The maximum Gasteiger partial charge on any atom is 0.328 e. The number of aromatic nitrogens is 2. The van der Waals surface area contributed by atoms with Crippen molar-refractivity contribution >= 4 is 5.91 Å². The van der Waals surface area contributed by atoms with Crippen LogP contribution in [0.5, 0.6) is 5.88 Å². The van der Waals surface area contributed by atoms with E-state index in [4.69, 9.17) is 4.74 Å². The van der Waals surface area contributed by atoms with Gasteiger partial charge in [-0.1, -0.05) is 6.42 Å². The highest BCUT2D eigenvalue weighted by Gasteiger charge is 2.51. The highest BCUT2D eigenvalue weighted by atomic mass is 16.5. The molecule has 8 nitrogen and oxygen atoms in total. The van der Waals surface area contributed by atoms with Crippen molar-refractivity contribution in [3.8, 4) is 5.88 Å². The van der Waals surface area contributed by atoms with Crippen LogP contribution in [0.1, 0.15) is 70.3 Å². The highest BCUT2D eigenvalue weighted by molar-refractivity contribution is 5.78. The number of hydrogen-bond donors (Lipinski definition) is 3. The number of amides is 1. The lowest BCUT2D eigenvalue weighted by Crippen LogP contribution is -2.46. The summed E-state index contributed by atoms with van der Waals surface area (Å²) >= 11 is 0. The number of fused-ring (bicyclic) bond motifs is 3. The quantitative estimate of drug-likeness (QED) is 0.689. The maximum absolute atomic E-state index is 12.7. The van der Waals surface area contributed by atoms with Crippen molar-refractivity contribution in [3.05, 3.63) is 26.4 Å². The number of aromatic amines is 2. The van der Waals surface area contributed by atoms with Gasteiger partial charge in [0, 0.05) is 30.8 Å². The monoisotopic (exact) mass is 404 g/mol. The topological polar surface area (TPSA) is 107 Å². The number of ether oxygens (including phenoxy) is 1. The first-order chi connectivity index (χ1) is 13.9. The Morgan fingerprint density at radius 2 is 1.97 bits per heavy atom. The number of rotatable bonds is 5. The summed E-state index contributed by atoms with van der Waals surface area (Å²) < 4.78 is 6.19. The van der Waals surface area contributed by atoms with Gasteiger partial charge in [-0.15, -0.1) is 0 Å². The second-order valence-electron chi connectivity index (χ2n) is 9.06. The Morgan fingerprint density at radius 3 is 2.69 bits per heavy atom. The lowest BCUT2D eigenvalue weighted by atomic mass is 9.72. The molecule has 160 valence electrons. The highest BCUT2D eigenvalue weighted by Crippen LogP contribution is 2.51. The first kappa shape index (κ1) is 20.2. The van der Waals surface area contributed by atoms with Crippen LogP contribution in [0.25, 0.3) is 0 Å². The Balaban J connectivity index is 1.38. The molecule has 8 heteroatoms. The van der Waals surface area contributed by atoms with Gasteiger partial charge >= 0.3 is 5.69 Å². The van der Waals surface area contributed by atoms with Gasteiger partial charge in [-0.25, -0.2) is 4.79 Å². The fourth-order valence-electron chi connectivity index (χ4n) is 5.38. The molecule has 3 heterocycles. The first-order valence-electron chi connectivity index (χ1n) is 11.0. The molecule has 2 fully saturated rings. The summed E-state index contributed by atoms with van der Waals surface area (Å²) in [4.78, 5) is 44.1. The lowest BCUT2D eigenvalue weighted by Gasteiger charge is -2.38. The minimum atomic E-state index is -0.538. The molecule has 1 aromatic rings. The van der Waals surface area contributed by atoms with Crippen molar-refractivity contribution in [1.29, 1.82) is 0 Å². The molecule has 3 aliphatic rings. The van der Waals surface area contributed by atoms with E-state index in [1.807, 2.05) is 0 Å². The molecular weight excluding hydrogens is 372 g/mol. The number of nitrogens with zero attached hydrogens (tertiary/aromatic N) is 1. The van der Waals surface area contributed by atoms with Crippen LogP contribution in [-0.4, -0.2) is 52.1 Å². The molecule has 0 spiro atoms. The molecule has 3 N–H and O–H groups in total. The van der Waals surface area contributed by atoms with Crippen molar-refractivity contribution in [2.24, 2.45) is 5.92 Å². The normalized spacial score (nSPS) is 27.3. The van der Waals surface area contributed by atoms with Crippen molar-refractivity contribution in [3.63, 3.8) is 0 Å². The number of likely N-dealkylation sites (tertiary alicyclic amines) is 1. The van der Waals surface area contributed by atoms with Crippen LogP contribution in [0.2, 0.25) is 0 Å². The van der Waals surface area contributed by atoms with E-state index in [1.54, 1.807) is 0 Å². The van der Waals surface area contributed by atoms with Gasteiger partial charge in [0.15, 0.2) is 0 Å². The number of hydrogen-bond acceptors (Lipinski definition) is 5. The first-order valence-corrected chi connectivity index (χ1v) is 11.0. The lowest BCUT2D eigenvalue weighted by molar-refractivity contribution is -0.126. The molecule has 2 aliphatic heterocycles. The van der Waals surface area contributed by atoms with Gasteiger partial charge in [-0.3, -0.25) is 19.6 Å². The molecule has 1 amide bonds. The Labute approximate surface area is 170 Å². The van der Waals surface area contributed by atoms with E-state index in [2.05, 4.69) is 34.0 Å². The van der Waals surface area contributed by atoms with Gasteiger partial charge in [-0.05, 0) is 59.0 Å². The van der Waals surface area contributed by atoms with Gasteiger partial charge in [0.1, 0.15) is 5.60 Å². The average molecular weight is 405 g/mol. The van der Waals surface area contributed by atoms with Gasteiger partial charge in [0.2, 0.25) is 11.8 Å². The Morgan fingerprint density at radius 1 is 1.21 bits per heavy atom. The molecule has 1 saturated carbocycles. The smallest absolute Gasteiger partial charge is 0.328 e. The summed E-state index contributed by atoms with van der Waals surface area (Å²) in [6, 6.07) is 0.525. The van der Waals surface area contributed by atoms with Gasteiger partial charge < -0.3 is 15.0 Å². The van der Waals surface area contributed by atoms with E-state index in [9.17, 15) is 14.4 Å². The third-order valence-electron chi connectivity index (χ3n) is 7.05. The molecule has 1 saturated heterocycles. The molecule has 1 aromatic heterocycles. The maximum atomic E-state index is 12.7. The van der Waals surface area contributed by atoms with Crippen LogP contribution in [0.15, 0.2) is 9.59 Å². The molecule has 0 unspecified atom stereocenters. The third-order valence-corrected chi connectivity index (χ3v) is 7.05. The fourth-order valence-corrected chi connectivity index (χ4v) is 5.38. The third kappa shape index (κ3) is 3.86. The van der Waals surface area contributed by atoms with E-state index >= 15 is 0 Å². The van der Waals surface area contributed by atoms with Crippen molar-refractivity contribution < 1.29 is 9.53 Å². The fraction of sp³-hybridized carbons (Fsp3) is 0.762. The van der Waals surface area contributed by atoms with E-state index in [1.165, 1.54) is 0 Å². The van der Waals surface area contributed by atoms with Crippen molar-refractivity contribution in [2.75, 3.05) is 19.6 Å². The second kappa shape index (κ2) is 7.97. The zero-order valence-electron chi connectivity index (χ0n) is 17.4. The minimum absolute atomic E-state index is 0.0296. The molecule has 0 bridgehead atoms. The summed E-state index contributed by atoms with van der Waals surface area (Å²) in [5.74, 6) is 0.487. The van der Waals surface area contributed by atoms with Crippen LogP contribution >= 0.6 is 0 Å². The minimum Gasteiger partial charge on any atom is -0.471 e. The van der Waals surface area contributed by atoms with E-state index in [0.717, 1.165) is 51.6 Å². The molecular formula is C21H32N4O4. The standard InChI is InChI=1S/C21H32N4O4/c1-13(2)25-11-6-14(7-12-25)17(26)22-10-9-21-8-4-3-5-15(21)16-18(27)23-20(28)24-19(16)29-21/h13-15H,3-12H2,1-2H3,(H,22,26)(H2,23,24,27,28)/t15-,21+/m1/s1. The van der Waals surface area contributed by atoms with E-state index in [0.29, 0.717) is 30.5 Å². The number of nitrogens with one attached hydrogen (secondary N) is 3. The predicted molar refractivity (Wildman–Crippen MR) is 109 cm³/mol. The zero-order chi connectivity index (χ0) is 20.6. The summed E-state index contributed by atoms with van der Waals surface area (Å²) in [5, 5.41) is 3.11. The van der Waals surface area contributed by atoms with Crippen LogP contribution in [-0.2, 0) is 4.79 Å². The van der Waals surface area contributed by atoms with Crippen LogP contribution in [0.4, 0.5) is 0 Å². The van der Waals surface area contributed by atoms with Crippen LogP contribution in [0, 0.1) is 5.92 Å². The predicted octanol–water partition coefficient (Wildman–Crippen LogP) is 1.48. The van der Waals surface area contributed by atoms with Crippen molar-refractivity contribution in [1.82, 2.24) is 20.2 Å². The van der Waals surface area contributed by atoms with E-state index < -0.39 is 11.3 Å². The second-order valence-corrected chi connectivity index (χ2v) is 9.06. The summed E-state index contributed by atoms with van der Waals surface area (Å²) in [6.45, 7) is 6.85. The molecule has 2 atom stereocenters. The molecule has 0 aromatic carbocycles. The number of H-pyrrole nitrogens is 2. The van der Waals surface area contributed by atoms with Crippen molar-refractivity contribution in [2.45, 2.75) is 76.4 Å².